The monoisotopic (exact) mass is 132 g/mol. The van der Waals surface area contributed by atoms with E-state index in [1.807, 2.05) is 13.8 Å². The Bertz CT molecular complexity index is 48.9. The lowest BCUT2D eigenvalue weighted by molar-refractivity contribution is 0.0923. The molecule has 0 rings (SSSR count). The zero-order valence-electron chi connectivity index (χ0n) is 6.17. The van der Waals surface area contributed by atoms with Crippen LogP contribution >= 0.6 is 0 Å². The summed E-state index contributed by atoms with van der Waals surface area (Å²) in [5, 5.41) is 16.5. The van der Waals surface area contributed by atoms with Crippen LogP contribution in [0.2, 0.25) is 0 Å². The van der Waals surface area contributed by atoms with E-state index in [1.165, 1.54) is 0 Å². The first-order chi connectivity index (χ1) is 4.22. The summed E-state index contributed by atoms with van der Waals surface area (Å²) >= 11 is 0. The van der Waals surface area contributed by atoms with Crippen molar-refractivity contribution in [1.82, 2.24) is 0 Å². The maximum Gasteiger partial charge on any atom is 0.0768 e. The molecule has 0 aromatic carbocycles. The first-order valence-corrected chi connectivity index (χ1v) is 3.08. The predicted molar refractivity (Wildman–Crippen MR) is 39.3 cm³/mol. The highest BCUT2D eigenvalue weighted by atomic mass is 16.3. The van der Waals surface area contributed by atoms with Crippen molar-refractivity contribution in [1.29, 1.82) is 0 Å². The van der Waals surface area contributed by atoms with Crippen LogP contribution in [0, 0.1) is 0 Å². The average molecular weight is 132 g/mol. The van der Waals surface area contributed by atoms with Gasteiger partial charge in [0.25, 0.3) is 0 Å². The summed E-state index contributed by atoms with van der Waals surface area (Å²) in [6.07, 6.45) is 1.88. The Labute approximate surface area is 56.8 Å². The van der Waals surface area contributed by atoms with Crippen molar-refractivity contribution in [3.8, 4) is 0 Å². The maximum atomic E-state index is 8.42. The highest BCUT2D eigenvalue weighted by Crippen LogP contribution is 1.83. The Morgan fingerprint density at radius 1 is 1.67 bits per heavy atom. The van der Waals surface area contributed by atoms with Gasteiger partial charge in [-0.2, -0.15) is 0 Å². The van der Waals surface area contributed by atoms with E-state index in [9.17, 15) is 0 Å². The van der Waals surface area contributed by atoms with E-state index in [1.54, 1.807) is 6.08 Å². The fraction of sp³-hybridized carbons (Fsp3) is 0.714. The largest absolute Gasteiger partial charge is 0.394 e. The molecule has 0 saturated heterocycles. The first-order valence-electron chi connectivity index (χ1n) is 3.08. The van der Waals surface area contributed by atoms with Crippen LogP contribution in [0.15, 0.2) is 12.7 Å². The Balaban J connectivity index is 0. The first kappa shape index (κ1) is 11.5. The molecule has 2 N–H and O–H groups in total. The van der Waals surface area contributed by atoms with Crippen LogP contribution in [-0.2, 0) is 0 Å². The topological polar surface area (TPSA) is 40.5 Å². The molecule has 0 amide bonds. The van der Waals surface area contributed by atoms with Gasteiger partial charge in [0.15, 0.2) is 0 Å². The Morgan fingerprint density at radius 2 is 2.00 bits per heavy atom. The third kappa shape index (κ3) is 18.3. The SMILES string of the molecule is C=CC.CCC(O)CO. The van der Waals surface area contributed by atoms with Gasteiger partial charge in [0.2, 0.25) is 0 Å². The van der Waals surface area contributed by atoms with Crippen LogP contribution in [0.25, 0.3) is 0 Å². The molecule has 1 atom stereocenters. The number of allylic oxidation sites excluding steroid dienone is 1. The summed E-state index contributed by atoms with van der Waals surface area (Å²) in [5.74, 6) is 0. The Morgan fingerprint density at radius 3 is 2.00 bits per heavy atom. The summed E-state index contributed by atoms with van der Waals surface area (Å²) in [7, 11) is 0. The molecular weight excluding hydrogens is 116 g/mol. The summed E-state index contributed by atoms with van der Waals surface area (Å²) < 4.78 is 0. The van der Waals surface area contributed by atoms with Gasteiger partial charge in [-0.3, -0.25) is 0 Å². The van der Waals surface area contributed by atoms with Gasteiger partial charge in [0.05, 0.1) is 12.7 Å². The second kappa shape index (κ2) is 10.6. The molecule has 0 bridgehead atoms. The van der Waals surface area contributed by atoms with E-state index >= 15 is 0 Å². The molecule has 2 nitrogen and oxygen atoms in total. The van der Waals surface area contributed by atoms with Gasteiger partial charge in [-0.05, 0) is 13.3 Å². The molecule has 0 radical (unpaired) electrons. The van der Waals surface area contributed by atoms with Crippen molar-refractivity contribution in [3.63, 3.8) is 0 Å². The highest BCUT2D eigenvalue weighted by Gasteiger charge is 1.92. The minimum atomic E-state index is -0.509. The number of hydrogen-bond donors (Lipinski definition) is 2. The molecule has 0 aliphatic carbocycles. The molecule has 0 saturated carbocycles. The fourth-order valence-corrected chi connectivity index (χ4v) is 0.129. The van der Waals surface area contributed by atoms with E-state index in [0.29, 0.717) is 6.42 Å². The van der Waals surface area contributed by atoms with Crippen molar-refractivity contribution >= 4 is 0 Å². The molecule has 0 aliphatic heterocycles. The van der Waals surface area contributed by atoms with Gasteiger partial charge in [-0.15, -0.1) is 6.58 Å². The van der Waals surface area contributed by atoms with Crippen molar-refractivity contribution in [2.45, 2.75) is 26.4 Å². The number of rotatable bonds is 2. The lowest BCUT2D eigenvalue weighted by atomic mass is 10.3. The second-order valence-corrected chi connectivity index (χ2v) is 1.65. The highest BCUT2D eigenvalue weighted by molar-refractivity contribution is 4.51. The summed E-state index contributed by atoms with van der Waals surface area (Å²) in [4.78, 5) is 0. The number of aliphatic hydroxyl groups excluding tert-OH is 2. The van der Waals surface area contributed by atoms with Crippen molar-refractivity contribution in [3.05, 3.63) is 12.7 Å². The molecule has 9 heavy (non-hydrogen) atoms. The smallest absolute Gasteiger partial charge is 0.0768 e. The molecule has 2 heteroatoms. The lowest BCUT2D eigenvalue weighted by Gasteiger charge is -1.97. The van der Waals surface area contributed by atoms with E-state index in [0.717, 1.165) is 0 Å². The van der Waals surface area contributed by atoms with Gasteiger partial charge in [-0.25, -0.2) is 0 Å². The van der Waals surface area contributed by atoms with Crippen molar-refractivity contribution in [2.75, 3.05) is 6.61 Å². The van der Waals surface area contributed by atoms with Gasteiger partial charge >= 0.3 is 0 Å². The third-order valence-electron chi connectivity index (χ3n) is 0.682. The molecule has 0 fully saturated rings. The Kier molecular flexibility index (Phi) is 13.5. The van der Waals surface area contributed by atoms with Crippen LogP contribution in [0.5, 0.6) is 0 Å². The third-order valence-corrected chi connectivity index (χ3v) is 0.682. The van der Waals surface area contributed by atoms with Crippen LogP contribution in [-0.4, -0.2) is 22.9 Å². The zero-order valence-corrected chi connectivity index (χ0v) is 6.17. The maximum absolute atomic E-state index is 8.42. The molecule has 0 aromatic rings. The molecular formula is C7H16O2. The van der Waals surface area contributed by atoms with Gasteiger partial charge in [-0.1, -0.05) is 13.0 Å². The van der Waals surface area contributed by atoms with Gasteiger partial charge < -0.3 is 10.2 Å². The second-order valence-electron chi connectivity index (χ2n) is 1.65. The van der Waals surface area contributed by atoms with Gasteiger partial charge in [0, 0.05) is 0 Å². The molecule has 1 unspecified atom stereocenters. The molecule has 0 aromatic heterocycles. The molecule has 56 valence electrons. The normalized spacial score (nSPS) is 11.1. The van der Waals surface area contributed by atoms with Crippen LogP contribution in [0.4, 0.5) is 0 Å². The minimum absolute atomic E-state index is 0.115. The van der Waals surface area contributed by atoms with Crippen LogP contribution in [0.1, 0.15) is 20.3 Å². The lowest BCUT2D eigenvalue weighted by Crippen LogP contribution is -2.08. The van der Waals surface area contributed by atoms with Crippen LogP contribution in [0.3, 0.4) is 0 Å². The summed E-state index contributed by atoms with van der Waals surface area (Å²) in [6.45, 7) is 6.96. The number of hydrogen-bond acceptors (Lipinski definition) is 2. The standard InChI is InChI=1S/C4H10O2.C3H6/c1-2-4(6)3-5;1-3-2/h4-6H,2-3H2,1H3;3H,1H2,2H3. The van der Waals surface area contributed by atoms with E-state index in [-0.39, 0.29) is 6.61 Å². The summed E-state index contributed by atoms with van der Waals surface area (Å²) in [5.41, 5.74) is 0. The van der Waals surface area contributed by atoms with Crippen molar-refractivity contribution in [2.24, 2.45) is 0 Å². The molecule has 0 heterocycles. The predicted octanol–water partition coefficient (Wildman–Crippen LogP) is 0.942. The van der Waals surface area contributed by atoms with E-state index in [2.05, 4.69) is 6.58 Å². The zero-order chi connectivity index (χ0) is 7.70. The minimum Gasteiger partial charge on any atom is -0.394 e. The fourth-order valence-electron chi connectivity index (χ4n) is 0.129. The quantitative estimate of drug-likeness (QED) is 0.549. The van der Waals surface area contributed by atoms with Crippen molar-refractivity contribution < 1.29 is 10.2 Å². The summed E-state index contributed by atoms with van der Waals surface area (Å²) in [6, 6.07) is 0. The molecule has 0 aliphatic rings. The van der Waals surface area contributed by atoms with Gasteiger partial charge in [0.1, 0.15) is 0 Å². The van der Waals surface area contributed by atoms with E-state index in [4.69, 9.17) is 10.2 Å². The number of aliphatic hydroxyl groups is 2. The van der Waals surface area contributed by atoms with Crippen LogP contribution < -0.4 is 0 Å². The average Bonchev–Trinajstić information content (AvgIpc) is 1.88. The molecule has 0 spiro atoms. The Hall–Kier alpha value is -0.340. The van der Waals surface area contributed by atoms with E-state index < -0.39 is 6.10 Å².